The van der Waals surface area contributed by atoms with Gasteiger partial charge in [0.15, 0.2) is 5.67 Å². The van der Waals surface area contributed by atoms with Crippen molar-refractivity contribution in [3.8, 4) is 0 Å². The second kappa shape index (κ2) is 6.48. The van der Waals surface area contributed by atoms with Crippen LogP contribution >= 0.6 is 0 Å². The van der Waals surface area contributed by atoms with E-state index in [1.807, 2.05) is 35.7 Å². The average Bonchev–Trinajstić information content (AvgIpc) is 3.44. The number of carbonyl (C=O) groups excluding carboxylic acids is 1. The Kier molecular flexibility index (Phi) is 3.99. The van der Waals surface area contributed by atoms with Crippen molar-refractivity contribution in [1.29, 1.82) is 0 Å². The van der Waals surface area contributed by atoms with Gasteiger partial charge in [-0.3, -0.25) is 4.79 Å². The highest BCUT2D eigenvalue weighted by Gasteiger charge is 2.39. The van der Waals surface area contributed by atoms with Gasteiger partial charge in [0.05, 0.1) is 23.2 Å². The summed E-state index contributed by atoms with van der Waals surface area (Å²) >= 11 is 0. The first-order chi connectivity index (χ1) is 14.3. The van der Waals surface area contributed by atoms with Crippen LogP contribution in [0.1, 0.15) is 59.2 Å². The zero-order chi connectivity index (χ0) is 21.0. The van der Waals surface area contributed by atoms with Crippen molar-refractivity contribution in [2.24, 2.45) is 0 Å². The Labute approximate surface area is 170 Å². The summed E-state index contributed by atoms with van der Waals surface area (Å²) in [6.45, 7) is 4.97. The molecule has 0 saturated heterocycles. The summed E-state index contributed by atoms with van der Waals surface area (Å²) < 4.78 is 21.3. The van der Waals surface area contributed by atoms with Crippen LogP contribution in [0.4, 0.5) is 4.39 Å². The molecule has 1 amide bonds. The molecule has 0 saturated carbocycles. The van der Waals surface area contributed by atoms with E-state index in [2.05, 4.69) is 20.2 Å². The molecule has 1 aliphatic rings. The Balaban J connectivity index is 1.59. The molecular weight excluding hydrogens is 389 g/mol. The molecule has 10 heteroatoms. The van der Waals surface area contributed by atoms with Gasteiger partial charge in [-0.2, -0.15) is 5.10 Å². The molecule has 4 aromatic heterocycles. The van der Waals surface area contributed by atoms with Crippen molar-refractivity contribution < 1.29 is 13.6 Å². The van der Waals surface area contributed by atoms with Crippen LogP contribution in [0.3, 0.4) is 0 Å². The van der Waals surface area contributed by atoms with Crippen molar-refractivity contribution in [2.45, 2.75) is 38.9 Å². The largest absolute Gasteiger partial charge is 0.413 e. The highest BCUT2D eigenvalue weighted by Crippen LogP contribution is 2.34. The fraction of sp³-hybridized carbons (Fsp3) is 0.350. The van der Waals surface area contributed by atoms with Gasteiger partial charge in [0.2, 0.25) is 0 Å². The maximum Gasteiger partial charge on any atom is 0.312 e. The van der Waals surface area contributed by atoms with Crippen LogP contribution in [0.5, 0.6) is 0 Å². The van der Waals surface area contributed by atoms with Crippen LogP contribution in [-0.2, 0) is 12.1 Å². The molecule has 1 atom stereocenters. The number of nitrogens with zero attached hydrogens (tertiary/aromatic N) is 6. The average molecular weight is 409 g/mol. The molecule has 5 rings (SSSR count). The number of aryl methyl sites for hydroxylation is 1. The number of halogens is 1. The Morgan fingerprint density at radius 3 is 2.90 bits per heavy atom. The lowest BCUT2D eigenvalue weighted by Gasteiger charge is -2.32. The van der Waals surface area contributed by atoms with Gasteiger partial charge in [0.25, 0.3) is 5.89 Å². The summed E-state index contributed by atoms with van der Waals surface area (Å²) in [6.07, 6.45) is 2.21. The number of aromatic amines is 1. The number of imidazole rings is 1. The van der Waals surface area contributed by atoms with Crippen LogP contribution in [0.15, 0.2) is 35.0 Å². The van der Waals surface area contributed by atoms with Crippen LogP contribution in [0.2, 0.25) is 0 Å². The standard InChI is InChI=1S/C20H20FN7O2/c1-11-5-4-6-12-9-14(26-28(11)12)16-15-13(22-10-23-15)7-8-27(16)18(29)17-24-25-19(30-17)20(2,3)21/h4-6,9-10,16H,7-8H2,1-3H3,(H,22,23). The van der Waals surface area contributed by atoms with Crippen molar-refractivity contribution in [3.05, 3.63) is 65.1 Å². The van der Waals surface area contributed by atoms with Crippen LogP contribution in [0.25, 0.3) is 5.52 Å². The fourth-order valence-electron chi connectivity index (χ4n) is 3.77. The number of nitrogens with one attached hydrogen (secondary N) is 1. The van der Waals surface area contributed by atoms with Gasteiger partial charge < -0.3 is 14.3 Å². The number of amides is 1. The number of H-pyrrole nitrogens is 1. The summed E-state index contributed by atoms with van der Waals surface area (Å²) in [7, 11) is 0. The number of aromatic nitrogens is 6. The van der Waals surface area contributed by atoms with E-state index in [0.29, 0.717) is 18.7 Å². The molecule has 0 fully saturated rings. The first-order valence-corrected chi connectivity index (χ1v) is 9.64. The second-order valence-corrected chi connectivity index (χ2v) is 7.88. The SMILES string of the molecule is Cc1cccc2cc(C3c4nc[nH]c4CCN3C(=O)c3nnc(C(C)(C)F)o3)nn12. The third kappa shape index (κ3) is 2.87. The van der Waals surface area contributed by atoms with E-state index in [-0.39, 0.29) is 11.8 Å². The van der Waals surface area contributed by atoms with Crippen LogP contribution in [0, 0.1) is 6.92 Å². The molecule has 0 aromatic carbocycles. The molecule has 0 bridgehead atoms. The van der Waals surface area contributed by atoms with Crippen LogP contribution < -0.4 is 0 Å². The summed E-state index contributed by atoms with van der Waals surface area (Å²) in [5.74, 6) is -0.965. The third-order valence-electron chi connectivity index (χ3n) is 5.28. The lowest BCUT2D eigenvalue weighted by atomic mass is 9.99. The first kappa shape index (κ1) is 18.5. The van der Waals surface area contributed by atoms with E-state index in [0.717, 1.165) is 22.6 Å². The zero-order valence-corrected chi connectivity index (χ0v) is 16.8. The molecule has 0 radical (unpaired) electrons. The molecule has 1 N–H and O–H groups in total. The molecule has 30 heavy (non-hydrogen) atoms. The monoisotopic (exact) mass is 409 g/mol. The predicted octanol–water partition coefficient (Wildman–Crippen LogP) is 2.74. The van der Waals surface area contributed by atoms with Gasteiger partial charge in [-0.15, -0.1) is 10.2 Å². The molecule has 1 aliphatic heterocycles. The summed E-state index contributed by atoms with van der Waals surface area (Å²) in [5, 5.41) is 12.2. The fourth-order valence-corrected chi connectivity index (χ4v) is 3.77. The Hall–Kier alpha value is -3.56. The molecule has 0 aliphatic carbocycles. The minimum Gasteiger partial charge on any atom is -0.413 e. The van der Waals surface area contributed by atoms with E-state index >= 15 is 0 Å². The van der Waals surface area contributed by atoms with Crippen molar-refractivity contribution in [2.75, 3.05) is 6.54 Å². The number of fused-ring (bicyclic) bond motifs is 2. The van der Waals surface area contributed by atoms with Gasteiger partial charge in [0.1, 0.15) is 6.04 Å². The lowest BCUT2D eigenvalue weighted by Crippen LogP contribution is -2.41. The topological polar surface area (TPSA) is 105 Å². The predicted molar refractivity (Wildman–Crippen MR) is 104 cm³/mol. The van der Waals surface area contributed by atoms with E-state index in [9.17, 15) is 9.18 Å². The smallest absolute Gasteiger partial charge is 0.312 e. The van der Waals surface area contributed by atoms with Crippen molar-refractivity contribution in [3.63, 3.8) is 0 Å². The molecular formula is C20H20FN7O2. The number of hydrogen-bond acceptors (Lipinski definition) is 6. The number of carbonyl (C=O) groups is 1. The molecule has 9 nitrogen and oxygen atoms in total. The van der Waals surface area contributed by atoms with E-state index < -0.39 is 17.6 Å². The maximum atomic E-state index is 14.1. The summed E-state index contributed by atoms with van der Waals surface area (Å²) in [4.78, 5) is 22.5. The highest BCUT2D eigenvalue weighted by molar-refractivity contribution is 5.90. The van der Waals surface area contributed by atoms with Crippen LogP contribution in [-0.4, -0.2) is 47.1 Å². The van der Waals surface area contributed by atoms with E-state index in [1.54, 1.807) is 11.2 Å². The van der Waals surface area contributed by atoms with Gasteiger partial charge in [-0.25, -0.2) is 13.9 Å². The van der Waals surface area contributed by atoms with Gasteiger partial charge in [-0.05, 0) is 39.0 Å². The van der Waals surface area contributed by atoms with Crippen molar-refractivity contribution >= 4 is 11.4 Å². The zero-order valence-electron chi connectivity index (χ0n) is 16.8. The normalized spacial score (nSPS) is 16.8. The van der Waals surface area contributed by atoms with Gasteiger partial charge in [0, 0.05) is 24.4 Å². The third-order valence-corrected chi connectivity index (χ3v) is 5.28. The molecule has 1 unspecified atom stereocenters. The van der Waals surface area contributed by atoms with Crippen molar-refractivity contribution in [1.82, 2.24) is 34.7 Å². The minimum atomic E-state index is -1.83. The van der Waals surface area contributed by atoms with E-state index in [4.69, 9.17) is 9.52 Å². The lowest BCUT2D eigenvalue weighted by molar-refractivity contribution is 0.0636. The highest BCUT2D eigenvalue weighted by atomic mass is 19.1. The molecule has 154 valence electrons. The summed E-state index contributed by atoms with van der Waals surface area (Å²) in [5.41, 5.74) is 2.41. The van der Waals surface area contributed by atoms with E-state index in [1.165, 1.54) is 13.8 Å². The minimum absolute atomic E-state index is 0.233. The molecule has 4 aromatic rings. The molecule has 5 heterocycles. The molecule has 0 spiro atoms. The maximum absolute atomic E-state index is 14.1. The first-order valence-electron chi connectivity index (χ1n) is 9.64. The van der Waals surface area contributed by atoms with Gasteiger partial charge >= 0.3 is 11.8 Å². The number of alkyl halides is 1. The number of hydrogen-bond donors (Lipinski definition) is 1. The quantitative estimate of drug-likeness (QED) is 0.558. The Morgan fingerprint density at radius 1 is 1.33 bits per heavy atom. The Morgan fingerprint density at radius 2 is 2.17 bits per heavy atom. The Bertz CT molecular complexity index is 1250. The summed E-state index contributed by atoms with van der Waals surface area (Å²) in [6, 6.07) is 7.29. The van der Waals surface area contributed by atoms with Gasteiger partial charge in [-0.1, -0.05) is 6.07 Å². The second-order valence-electron chi connectivity index (χ2n) is 7.88. The number of rotatable bonds is 3. The number of pyridine rings is 1.